The Morgan fingerprint density at radius 1 is 1.05 bits per heavy atom. The quantitative estimate of drug-likeness (QED) is 0.261. The number of pyridine rings is 1. The number of aliphatic carboxylic acids is 1. The van der Waals surface area contributed by atoms with Crippen LogP contribution in [-0.2, 0) is 31.6 Å². The van der Waals surface area contributed by atoms with E-state index >= 15 is 0 Å². The zero-order valence-electron chi connectivity index (χ0n) is 22.8. The minimum absolute atomic E-state index is 0.0122. The first-order valence-corrected chi connectivity index (χ1v) is 14.8. The van der Waals surface area contributed by atoms with Crippen molar-refractivity contribution in [2.45, 2.75) is 48.4 Å². The van der Waals surface area contributed by atoms with Gasteiger partial charge in [-0.1, -0.05) is 0 Å². The minimum Gasteiger partial charge on any atom is -0.609 e. The van der Waals surface area contributed by atoms with Gasteiger partial charge in [0.15, 0.2) is 12.4 Å². The van der Waals surface area contributed by atoms with Crippen molar-refractivity contribution >= 4 is 38.0 Å². The Labute approximate surface area is 234 Å². The SMILES string of the molecule is COc1ccc2[nH]c([S+]([O-])Cc3ncc(C)c(OC)c3C)nc2c1S(=O)(=O)c1c(C)cc(OCC(=O)O)cc1C. The number of methoxy groups -OCH3 is 2. The Morgan fingerprint density at radius 2 is 1.73 bits per heavy atom. The van der Waals surface area contributed by atoms with Crippen LogP contribution in [0.3, 0.4) is 0 Å². The maximum atomic E-state index is 14.1. The van der Waals surface area contributed by atoms with E-state index in [1.165, 1.54) is 25.3 Å². The normalized spacial score (nSPS) is 12.4. The molecule has 0 radical (unpaired) electrons. The molecule has 2 N–H and O–H groups in total. The third-order valence-corrected chi connectivity index (χ3v) is 9.61. The number of aromatic nitrogens is 3. The summed E-state index contributed by atoms with van der Waals surface area (Å²) in [5, 5.41) is 8.99. The standard InChI is InChI=1S/C27H29N3O8S2/c1-14-9-18(38-12-22(31)32)10-15(2)25(14)40(34,35)26-21(36-5)8-7-19-23(26)30-27(29-19)39(33)13-20-17(4)24(37-6)16(3)11-28-20/h7-11H,12-13H2,1-6H3,(H,29,30)(H,31,32). The Bertz CT molecular complexity index is 1690. The van der Waals surface area contributed by atoms with E-state index in [0.29, 0.717) is 28.1 Å². The molecule has 4 aromatic rings. The lowest BCUT2D eigenvalue weighted by Gasteiger charge is -2.15. The third kappa shape index (κ3) is 5.44. The van der Waals surface area contributed by atoms with Crippen LogP contribution in [0.1, 0.15) is 27.9 Å². The van der Waals surface area contributed by atoms with Crippen LogP contribution in [-0.4, -0.2) is 59.8 Å². The first-order chi connectivity index (χ1) is 18.9. The molecule has 0 aliphatic heterocycles. The summed E-state index contributed by atoms with van der Waals surface area (Å²) in [5.41, 5.74) is 3.35. The molecule has 4 rings (SSSR count). The summed E-state index contributed by atoms with van der Waals surface area (Å²) < 4.78 is 57.7. The summed E-state index contributed by atoms with van der Waals surface area (Å²) in [6.07, 6.45) is 1.65. The average molecular weight is 588 g/mol. The second kappa shape index (κ2) is 11.4. The molecule has 0 spiro atoms. The van der Waals surface area contributed by atoms with Crippen molar-refractivity contribution in [1.29, 1.82) is 0 Å². The molecule has 2 heterocycles. The summed E-state index contributed by atoms with van der Waals surface area (Å²) in [6, 6.07) is 6.05. The molecule has 0 saturated heterocycles. The number of fused-ring (bicyclic) bond motifs is 1. The van der Waals surface area contributed by atoms with Crippen LogP contribution in [0.25, 0.3) is 11.0 Å². The second-order valence-electron chi connectivity index (χ2n) is 9.14. The Kier molecular flexibility index (Phi) is 8.28. The number of aryl methyl sites for hydroxylation is 3. The molecule has 1 unspecified atom stereocenters. The molecule has 2 aromatic heterocycles. The molecule has 13 heteroatoms. The number of carboxylic acid groups (broad SMARTS) is 1. The molecule has 212 valence electrons. The molecule has 0 amide bonds. The van der Waals surface area contributed by atoms with Crippen LogP contribution in [0.5, 0.6) is 17.2 Å². The molecule has 2 aromatic carbocycles. The summed E-state index contributed by atoms with van der Waals surface area (Å²) in [4.78, 5) is 22.6. The maximum Gasteiger partial charge on any atom is 0.341 e. The van der Waals surface area contributed by atoms with Gasteiger partial charge in [-0.15, -0.1) is 0 Å². The van der Waals surface area contributed by atoms with Crippen LogP contribution in [0, 0.1) is 27.7 Å². The van der Waals surface area contributed by atoms with E-state index in [0.717, 1.165) is 11.1 Å². The van der Waals surface area contributed by atoms with Gasteiger partial charge < -0.3 is 23.9 Å². The number of ether oxygens (including phenoxy) is 3. The van der Waals surface area contributed by atoms with Crippen molar-refractivity contribution in [3.8, 4) is 17.2 Å². The van der Waals surface area contributed by atoms with Crippen LogP contribution in [0.2, 0.25) is 0 Å². The number of H-pyrrole nitrogens is 1. The van der Waals surface area contributed by atoms with Crippen LogP contribution < -0.4 is 14.2 Å². The van der Waals surface area contributed by atoms with Crippen molar-refractivity contribution in [2.75, 3.05) is 20.8 Å². The molecule has 1 atom stereocenters. The van der Waals surface area contributed by atoms with E-state index in [2.05, 4.69) is 15.0 Å². The van der Waals surface area contributed by atoms with Gasteiger partial charge in [0, 0.05) is 28.5 Å². The molecular weight excluding hydrogens is 558 g/mol. The number of benzene rings is 2. The van der Waals surface area contributed by atoms with E-state index in [4.69, 9.17) is 19.3 Å². The van der Waals surface area contributed by atoms with Gasteiger partial charge in [-0.3, -0.25) is 9.97 Å². The number of carboxylic acids is 1. The highest BCUT2D eigenvalue weighted by Gasteiger charge is 2.32. The topological polar surface area (TPSA) is 164 Å². The third-order valence-electron chi connectivity index (χ3n) is 6.34. The van der Waals surface area contributed by atoms with Gasteiger partial charge in [0.1, 0.15) is 27.7 Å². The fraction of sp³-hybridized carbons (Fsp3) is 0.296. The Balaban J connectivity index is 1.79. The predicted molar refractivity (Wildman–Crippen MR) is 148 cm³/mol. The first-order valence-electron chi connectivity index (χ1n) is 12.0. The molecule has 0 fully saturated rings. The molecule has 0 aliphatic carbocycles. The van der Waals surface area contributed by atoms with Gasteiger partial charge in [0.05, 0.1) is 30.3 Å². The Hall–Kier alpha value is -3.81. The monoisotopic (exact) mass is 587 g/mol. The van der Waals surface area contributed by atoms with Crippen molar-refractivity contribution in [1.82, 2.24) is 15.0 Å². The summed E-state index contributed by atoms with van der Waals surface area (Å²) in [6.45, 7) is 6.33. The lowest BCUT2D eigenvalue weighted by atomic mass is 10.1. The van der Waals surface area contributed by atoms with Crippen molar-refractivity contribution < 1.29 is 37.1 Å². The number of sulfone groups is 1. The van der Waals surface area contributed by atoms with Crippen LogP contribution in [0.4, 0.5) is 0 Å². The van der Waals surface area contributed by atoms with Crippen molar-refractivity contribution in [3.05, 3.63) is 58.4 Å². The largest absolute Gasteiger partial charge is 0.609 e. The lowest BCUT2D eigenvalue weighted by molar-refractivity contribution is -0.139. The van der Waals surface area contributed by atoms with E-state index in [9.17, 15) is 17.8 Å². The van der Waals surface area contributed by atoms with E-state index in [1.807, 2.05) is 13.8 Å². The van der Waals surface area contributed by atoms with Gasteiger partial charge in [0.2, 0.25) is 9.84 Å². The number of rotatable bonds is 10. The zero-order chi connectivity index (χ0) is 29.4. The molecule has 40 heavy (non-hydrogen) atoms. The molecule has 0 saturated carbocycles. The van der Waals surface area contributed by atoms with E-state index < -0.39 is 33.6 Å². The second-order valence-corrected chi connectivity index (χ2v) is 12.3. The number of hydrogen-bond acceptors (Lipinski definition) is 9. The summed E-state index contributed by atoms with van der Waals surface area (Å²) in [5.74, 6) is -0.146. The smallest absolute Gasteiger partial charge is 0.341 e. The number of nitrogens with one attached hydrogen (secondary N) is 1. The number of hydrogen-bond donors (Lipinski definition) is 2. The lowest BCUT2D eigenvalue weighted by Crippen LogP contribution is -2.12. The minimum atomic E-state index is -4.22. The maximum absolute atomic E-state index is 14.1. The van der Waals surface area contributed by atoms with Gasteiger partial charge >= 0.3 is 11.1 Å². The highest BCUT2D eigenvalue weighted by Crippen LogP contribution is 2.39. The predicted octanol–water partition coefficient (Wildman–Crippen LogP) is 3.81. The molecule has 11 nitrogen and oxygen atoms in total. The molecule has 0 bridgehead atoms. The first kappa shape index (κ1) is 29.2. The Morgan fingerprint density at radius 3 is 2.33 bits per heavy atom. The van der Waals surface area contributed by atoms with Crippen molar-refractivity contribution in [3.63, 3.8) is 0 Å². The zero-order valence-corrected chi connectivity index (χ0v) is 24.4. The number of imidazole rings is 1. The fourth-order valence-electron chi connectivity index (χ4n) is 4.61. The highest BCUT2D eigenvalue weighted by molar-refractivity contribution is 7.92. The number of nitrogens with zero attached hydrogens (tertiary/aromatic N) is 2. The van der Waals surface area contributed by atoms with Gasteiger partial charge in [0.25, 0.3) is 0 Å². The number of aromatic amines is 1. The highest BCUT2D eigenvalue weighted by atomic mass is 32.2. The van der Waals surface area contributed by atoms with Crippen LogP contribution in [0.15, 0.2) is 45.4 Å². The van der Waals surface area contributed by atoms with Gasteiger partial charge in [-0.05, 0) is 63.1 Å². The fourth-order valence-corrected chi connectivity index (χ4v) is 7.70. The average Bonchev–Trinajstić information content (AvgIpc) is 3.32. The van der Waals surface area contributed by atoms with Crippen LogP contribution >= 0.6 is 0 Å². The van der Waals surface area contributed by atoms with E-state index in [-0.39, 0.29) is 37.7 Å². The van der Waals surface area contributed by atoms with Crippen molar-refractivity contribution in [2.24, 2.45) is 0 Å². The van der Waals surface area contributed by atoms with E-state index in [1.54, 1.807) is 33.2 Å². The summed E-state index contributed by atoms with van der Waals surface area (Å²) >= 11 is -1.69. The molecular formula is C27H29N3O8S2. The number of carbonyl (C=O) groups is 1. The van der Waals surface area contributed by atoms with Gasteiger partial charge in [-0.25, -0.2) is 13.2 Å². The summed E-state index contributed by atoms with van der Waals surface area (Å²) in [7, 11) is -1.30. The van der Waals surface area contributed by atoms with Gasteiger partial charge in [-0.2, -0.15) is 4.98 Å². The molecule has 0 aliphatic rings.